The molecule has 0 saturated heterocycles. The predicted octanol–water partition coefficient (Wildman–Crippen LogP) is 1.44. The summed E-state index contributed by atoms with van der Waals surface area (Å²) >= 11 is 0. The highest BCUT2D eigenvalue weighted by Gasteiger charge is 2.13. The van der Waals surface area contributed by atoms with Gasteiger partial charge >= 0.3 is 5.97 Å². The number of aromatic carboxylic acids is 1. The van der Waals surface area contributed by atoms with Crippen LogP contribution in [0.3, 0.4) is 0 Å². The fraction of sp³-hybridized carbons (Fsp3) is 0.0667. The molecule has 0 spiro atoms. The van der Waals surface area contributed by atoms with Crippen LogP contribution in [-0.2, 0) is 0 Å². The molecule has 0 saturated carbocycles. The molecule has 112 valence electrons. The van der Waals surface area contributed by atoms with Crippen molar-refractivity contribution in [3.8, 4) is 0 Å². The van der Waals surface area contributed by atoms with Gasteiger partial charge in [-0.05, 0) is 36.8 Å². The Balaban J connectivity index is 2.29. The van der Waals surface area contributed by atoms with Gasteiger partial charge in [0, 0.05) is 11.3 Å². The summed E-state index contributed by atoms with van der Waals surface area (Å²) in [4.78, 5) is 37.9. The molecule has 2 amide bonds. The zero-order chi connectivity index (χ0) is 16.3. The second-order valence-corrected chi connectivity index (χ2v) is 4.56. The van der Waals surface area contributed by atoms with E-state index in [-0.39, 0.29) is 17.0 Å². The summed E-state index contributed by atoms with van der Waals surface area (Å²) in [5, 5.41) is 11.5. The molecule has 22 heavy (non-hydrogen) atoms. The van der Waals surface area contributed by atoms with Gasteiger partial charge in [-0.15, -0.1) is 0 Å². The monoisotopic (exact) mass is 299 g/mol. The van der Waals surface area contributed by atoms with Crippen molar-refractivity contribution in [2.45, 2.75) is 6.92 Å². The van der Waals surface area contributed by atoms with Gasteiger partial charge in [-0.2, -0.15) is 0 Å². The summed E-state index contributed by atoms with van der Waals surface area (Å²) in [6.45, 7) is 1.75. The number of nitrogens with one attached hydrogen (secondary N) is 1. The summed E-state index contributed by atoms with van der Waals surface area (Å²) in [6.07, 6.45) is 0. The van der Waals surface area contributed by atoms with E-state index in [0.29, 0.717) is 5.69 Å². The molecule has 1 aromatic heterocycles. The molecule has 1 aromatic carbocycles. The van der Waals surface area contributed by atoms with Gasteiger partial charge in [0.05, 0.1) is 0 Å². The maximum absolute atomic E-state index is 12.1. The highest BCUT2D eigenvalue weighted by atomic mass is 16.4. The highest BCUT2D eigenvalue weighted by molar-refractivity contribution is 6.04. The van der Waals surface area contributed by atoms with Crippen molar-refractivity contribution < 1.29 is 19.5 Å². The Hall–Kier alpha value is -3.22. The number of rotatable bonds is 4. The van der Waals surface area contributed by atoms with E-state index in [1.54, 1.807) is 19.1 Å². The van der Waals surface area contributed by atoms with Crippen molar-refractivity contribution in [3.63, 3.8) is 0 Å². The first kappa shape index (κ1) is 15.2. The van der Waals surface area contributed by atoms with Gasteiger partial charge in [0.2, 0.25) is 5.91 Å². The van der Waals surface area contributed by atoms with Crippen LogP contribution >= 0.6 is 0 Å². The topological polar surface area (TPSA) is 122 Å². The van der Waals surface area contributed by atoms with E-state index in [2.05, 4.69) is 10.3 Å². The smallest absolute Gasteiger partial charge is 0.354 e. The molecule has 0 atom stereocenters. The molecule has 4 N–H and O–H groups in total. The molecule has 7 heteroatoms. The van der Waals surface area contributed by atoms with Crippen LogP contribution in [0.15, 0.2) is 36.4 Å². The van der Waals surface area contributed by atoms with Gasteiger partial charge in [-0.1, -0.05) is 12.1 Å². The van der Waals surface area contributed by atoms with Crippen LogP contribution in [0.2, 0.25) is 0 Å². The molecule has 1 heterocycles. The summed E-state index contributed by atoms with van der Waals surface area (Å²) in [5.74, 6) is -2.41. The number of carbonyl (C=O) groups is 3. The molecule has 2 aromatic rings. The Morgan fingerprint density at radius 1 is 1.14 bits per heavy atom. The van der Waals surface area contributed by atoms with Crippen LogP contribution in [0.1, 0.15) is 36.9 Å². The predicted molar refractivity (Wildman–Crippen MR) is 78.8 cm³/mol. The van der Waals surface area contributed by atoms with Crippen molar-refractivity contribution in [3.05, 3.63) is 58.9 Å². The number of aryl methyl sites for hydroxylation is 1. The van der Waals surface area contributed by atoms with Gasteiger partial charge < -0.3 is 16.2 Å². The van der Waals surface area contributed by atoms with Crippen LogP contribution in [0.25, 0.3) is 0 Å². The average molecular weight is 299 g/mol. The number of aromatic nitrogens is 1. The zero-order valence-corrected chi connectivity index (χ0v) is 11.7. The Kier molecular flexibility index (Phi) is 4.17. The number of pyridine rings is 1. The Morgan fingerprint density at radius 3 is 2.45 bits per heavy atom. The van der Waals surface area contributed by atoms with Crippen LogP contribution in [0.5, 0.6) is 0 Å². The van der Waals surface area contributed by atoms with E-state index in [0.717, 1.165) is 5.56 Å². The van der Waals surface area contributed by atoms with Gasteiger partial charge in [-0.25, -0.2) is 9.78 Å². The minimum atomic E-state index is -1.22. The normalized spacial score (nSPS) is 10.0. The van der Waals surface area contributed by atoms with E-state index >= 15 is 0 Å². The van der Waals surface area contributed by atoms with Gasteiger partial charge in [0.1, 0.15) is 11.4 Å². The van der Waals surface area contributed by atoms with Crippen LogP contribution in [0, 0.1) is 6.92 Å². The maximum atomic E-state index is 12.1. The minimum Gasteiger partial charge on any atom is -0.477 e. The molecular formula is C15H13N3O4. The zero-order valence-electron chi connectivity index (χ0n) is 11.7. The number of nitrogens with zero attached hydrogens (tertiary/aromatic N) is 1. The quantitative estimate of drug-likeness (QED) is 0.788. The summed E-state index contributed by atoms with van der Waals surface area (Å²) in [6, 6.07) is 8.77. The highest BCUT2D eigenvalue weighted by Crippen LogP contribution is 2.17. The molecule has 0 fully saturated rings. The lowest BCUT2D eigenvalue weighted by atomic mass is 10.1. The Bertz CT molecular complexity index is 771. The Labute approximate surface area is 125 Å². The van der Waals surface area contributed by atoms with Gasteiger partial charge in [0.25, 0.3) is 5.91 Å². The number of hydrogen-bond donors (Lipinski definition) is 3. The second-order valence-electron chi connectivity index (χ2n) is 4.56. The maximum Gasteiger partial charge on any atom is 0.354 e. The third-order valence-electron chi connectivity index (χ3n) is 2.97. The number of carboxylic acid groups (broad SMARTS) is 1. The molecule has 0 bridgehead atoms. The average Bonchev–Trinajstić information content (AvgIpc) is 2.49. The first-order chi connectivity index (χ1) is 10.4. The summed E-state index contributed by atoms with van der Waals surface area (Å²) in [7, 11) is 0. The third-order valence-corrected chi connectivity index (χ3v) is 2.97. The van der Waals surface area contributed by atoms with E-state index in [1.807, 2.05) is 0 Å². The summed E-state index contributed by atoms with van der Waals surface area (Å²) < 4.78 is 0. The molecule has 0 aliphatic carbocycles. The van der Waals surface area contributed by atoms with Crippen molar-refractivity contribution in [2.24, 2.45) is 5.73 Å². The molecular weight excluding hydrogens is 286 g/mol. The van der Waals surface area contributed by atoms with Crippen molar-refractivity contribution in [1.82, 2.24) is 4.98 Å². The number of amides is 2. The number of carbonyl (C=O) groups excluding carboxylic acids is 2. The molecule has 0 unspecified atom stereocenters. The lowest BCUT2D eigenvalue weighted by Crippen LogP contribution is -2.17. The van der Waals surface area contributed by atoms with E-state index in [1.165, 1.54) is 24.3 Å². The standard InChI is InChI=1S/C15H13N3O4/c1-8-5-6-9(13(16)19)7-12(8)18-14(20)10-3-2-4-11(17-10)15(21)22/h2-7H,1H3,(H2,16,19)(H,18,20)(H,21,22). The van der Waals surface area contributed by atoms with Gasteiger partial charge in [-0.3, -0.25) is 9.59 Å². The minimum absolute atomic E-state index is 0.0382. The number of carboxylic acids is 1. The molecule has 7 nitrogen and oxygen atoms in total. The Morgan fingerprint density at radius 2 is 1.82 bits per heavy atom. The van der Waals surface area contributed by atoms with Crippen LogP contribution in [-0.4, -0.2) is 27.9 Å². The van der Waals surface area contributed by atoms with Crippen molar-refractivity contribution in [1.29, 1.82) is 0 Å². The fourth-order valence-corrected chi connectivity index (χ4v) is 1.78. The lowest BCUT2D eigenvalue weighted by Gasteiger charge is -2.09. The number of benzene rings is 1. The third kappa shape index (κ3) is 3.26. The van der Waals surface area contributed by atoms with Gasteiger partial charge in [0.15, 0.2) is 0 Å². The second kappa shape index (κ2) is 6.04. The molecule has 0 aliphatic heterocycles. The van der Waals surface area contributed by atoms with Crippen molar-refractivity contribution >= 4 is 23.5 Å². The van der Waals surface area contributed by atoms with Crippen molar-refractivity contribution in [2.75, 3.05) is 5.32 Å². The first-order valence-corrected chi connectivity index (χ1v) is 6.30. The largest absolute Gasteiger partial charge is 0.477 e. The molecule has 0 radical (unpaired) electrons. The number of hydrogen-bond acceptors (Lipinski definition) is 4. The lowest BCUT2D eigenvalue weighted by molar-refractivity contribution is 0.0690. The number of primary amides is 1. The molecule has 0 aliphatic rings. The van der Waals surface area contributed by atoms with E-state index in [9.17, 15) is 14.4 Å². The number of anilines is 1. The van der Waals surface area contributed by atoms with E-state index < -0.39 is 17.8 Å². The summed E-state index contributed by atoms with van der Waals surface area (Å²) in [5.41, 5.74) is 6.33. The van der Waals surface area contributed by atoms with E-state index in [4.69, 9.17) is 10.8 Å². The SMILES string of the molecule is Cc1ccc(C(N)=O)cc1NC(=O)c1cccc(C(=O)O)n1. The number of nitrogens with two attached hydrogens (primary N) is 1. The van der Waals surface area contributed by atoms with Crippen LogP contribution in [0.4, 0.5) is 5.69 Å². The first-order valence-electron chi connectivity index (χ1n) is 6.30. The molecule has 2 rings (SSSR count). The fourth-order valence-electron chi connectivity index (χ4n) is 1.78. The van der Waals surface area contributed by atoms with Crippen LogP contribution < -0.4 is 11.1 Å².